The molecule has 2 fully saturated rings. The summed E-state index contributed by atoms with van der Waals surface area (Å²) in [6, 6.07) is 0.686. The fraction of sp³-hybridized carbons (Fsp3) is 0.842. The number of hydrogen-bond acceptors (Lipinski definition) is 5. The summed E-state index contributed by atoms with van der Waals surface area (Å²) in [7, 11) is 0. The van der Waals surface area contributed by atoms with Crippen LogP contribution in [0.15, 0.2) is 4.52 Å². The molecule has 1 aromatic rings. The van der Waals surface area contributed by atoms with Crippen molar-refractivity contribution >= 4 is 6.03 Å². The van der Waals surface area contributed by atoms with Crippen LogP contribution in [0.4, 0.5) is 4.79 Å². The number of nitrogens with zero attached hydrogens (tertiary/aromatic N) is 4. The van der Waals surface area contributed by atoms with Gasteiger partial charge in [-0.15, -0.1) is 0 Å². The Morgan fingerprint density at radius 1 is 1.19 bits per heavy atom. The number of aryl methyl sites for hydroxylation is 1. The lowest BCUT2D eigenvalue weighted by Crippen LogP contribution is -2.52. The van der Waals surface area contributed by atoms with Gasteiger partial charge in [0.15, 0.2) is 5.82 Å². The first-order valence-electron chi connectivity index (χ1n) is 10.1. The predicted molar refractivity (Wildman–Crippen MR) is 99.7 cm³/mol. The van der Waals surface area contributed by atoms with Crippen molar-refractivity contribution in [2.24, 2.45) is 5.92 Å². The summed E-state index contributed by atoms with van der Waals surface area (Å²) in [5, 5.41) is 6.97. The molecule has 0 radical (unpaired) electrons. The quantitative estimate of drug-likeness (QED) is 0.890. The summed E-state index contributed by atoms with van der Waals surface area (Å²) in [6.45, 7) is 9.60. The lowest BCUT2D eigenvalue weighted by molar-refractivity contribution is 0.0927. The molecule has 1 aromatic heterocycles. The third kappa shape index (κ3) is 4.96. The topological polar surface area (TPSA) is 74.5 Å². The first-order chi connectivity index (χ1) is 12.5. The number of piperidine rings is 1. The van der Waals surface area contributed by atoms with Crippen molar-refractivity contribution in [2.75, 3.05) is 19.6 Å². The van der Waals surface area contributed by atoms with Gasteiger partial charge in [0.25, 0.3) is 0 Å². The molecule has 7 heteroatoms. The zero-order valence-corrected chi connectivity index (χ0v) is 16.4. The molecular weight excluding hydrogens is 330 g/mol. The van der Waals surface area contributed by atoms with Crippen LogP contribution in [0.1, 0.15) is 64.1 Å². The summed E-state index contributed by atoms with van der Waals surface area (Å²) in [4.78, 5) is 21.5. The van der Waals surface area contributed by atoms with Crippen molar-refractivity contribution in [3.05, 3.63) is 11.7 Å². The minimum atomic E-state index is 0.121. The van der Waals surface area contributed by atoms with Crippen LogP contribution < -0.4 is 5.32 Å². The Morgan fingerprint density at radius 3 is 2.62 bits per heavy atom. The minimum absolute atomic E-state index is 0.121. The maximum absolute atomic E-state index is 12.7. The van der Waals surface area contributed by atoms with Gasteiger partial charge in [-0.2, -0.15) is 4.98 Å². The molecule has 26 heavy (non-hydrogen) atoms. The Morgan fingerprint density at radius 2 is 1.96 bits per heavy atom. The van der Waals surface area contributed by atoms with Crippen LogP contribution in [0.3, 0.4) is 0 Å². The van der Waals surface area contributed by atoms with E-state index in [1.54, 1.807) is 0 Å². The fourth-order valence-electron chi connectivity index (χ4n) is 4.30. The molecule has 0 saturated carbocycles. The number of rotatable bonds is 4. The van der Waals surface area contributed by atoms with E-state index in [1.807, 2.05) is 20.8 Å². The first-order valence-corrected chi connectivity index (χ1v) is 10.1. The number of hydrogen-bond donors (Lipinski definition) is 1. The molecule has 2 aliphatic rings. The fourth-order valence-corrected chi connectivity index (χ4v) is 4.30. The van der Waals surface area contributed by atoms with Gasteiger partial charge in [0.2, 0.25) is 5.89 Å². The Kier molecular flexibility index (Phi) is 6.51. The molecule has 0 unspecified atom stereocenters. The smallest absolute Gasteiger partial charge is 0.317 e. The minimum Gasteiger partial charge on any atom is -0.338 e. The Balaban J connectivity index is 1.57. The van der Waals surface area contributed by atoms with Gasteiger partial charge in [-0.1, -0.05) is 18.0 Å². The summed E-state index contributed by atoms with van der Waals surface area (Å²) >= 11 is 0. The third-order valence-electron chi connectivity index (χ3n) is 5.58. The number of amides is 2. The Bertz CT molecular complexity index is 580. The second-order valence-corrected chi connectivity index (χ2v) is 8.06. The molecule has 7 nitrogen and oxygen atoms in total. The van der Waals surface area contributed by atoms with E-state index in [4.69, 9.17) is 4.52 Å². The summed E-state index contributed by atoms with van der Waals surface area (Å²) < 4.78 is 5.25. The number of likely N-dealkylation sites (tertiary alicyclic amines) is 2. The van der Waals surface area contributed by atoms with E-state index in [2.05, 4.69) is 25.3 Å². The van der Waals surface area contributed by atoms with Crippen molar-refractivity contribution in [1.29, 1.82) is 0 Å². The largest absolute Gasteiger partial charge is 0.338 e. The second-order valence-electron chi connectivity index (χ2n) is 8.06. The molecule has 2 amide bonds. The molecule has 3 rings (SSSR count). The van der Waals surface area contributed by atoms with Crippen molar-refractivity contribution in [3.8, 4) is 0 Å². The zero-order valence-electron chi connectivity index (χ0n) is 16.4. The van der Waals surface area contributed by atoms with Crippen LogP contribution in [-0.4, -0.2) is 57.7 Å². The maximum atomic E-state index is 12.7. The standard InChI is InChI=1S/C19H33N5O2/c1-14(2)20-19(25)24-10-6-4-5-7-17(24)16-8-11-23(12-9-16)13-18-21-15(3)22-26-18/h14,16-17H,4-13H2,1-3H3,(H,20,25)/t17-/m0/s1. The van der Waals surface area contributed by atoms with Gasteiger partial charge >= 0.3 is 6.03 Å². The van der Waals surface area contributed by atoms with Gasteiger partial charge in [0, 0.05) is 18.6 Å². The number of carbonyl (C=O) groups is 1. The molecule has 146 valence electrons. The lowest BCUT2D eigenvalue weighted by Gasteiger charge is -2.40. The van der Waals surface area contributed by atoms with Gasteiger partial charge in [0.05, 0.1) is 6.54 Å². The van der Waals surface area contributed by atoms with E-state index in [0.29, 0.717) is 23.7 Å². The number of carbonyl (C=O) groups excluding carboxylic acids is 1. The molecule has 0 aromatic carbocycles. The molecule has 0 aliphatic carbocycles. The molecule has 3 heterocycles. The van der Waals surface area contributed by atoms with Gasteiger partial charge in [-0.3, -0.25) is 4.90 Å². The summed E-state index contributed by atoms with van der Waals surface area (Å²) in [5.41, 5.74) is 0. The highest BCUT2D eigenvalue weighted by molar-refractivity contribution is 5.74. The predicted octanol–water partition coefficient (Wildman–Crippen LogP) is 2.95. The van der Waals surface area contributed by atoms with E-state index >= 15 is 0 Å². The van der Waals surface area contributed by atoms with Crippen LogP contribution in [0, 0.1) is 12.8 Å². The number of aromatic nitrogens is 2. The molecular formula is C19H33N5O2. The average molecular weight is 364 g/mol. The molecule has 0 bridgehead atoms. The SMILES string of the molecule is Cc1noc(CN2CCC([C@@H]3CCCCCN3C(=O)NC(C)C)CC2)n1. The van der Waals surface area contributed by atoms with E-state index in [-0.39, 0.29) is 12.1 Å². The summed E-state index contributed by atoms with van der Waals surface area (Å²) in [6.07, 6.45) is 6.98. The van der Waals surface area contributed by atoms with Gasteiger partial charge in [-0.05, 0) is 65.5 Å². The highest BCUT2D eigenvalue weighted by Gasteiger charge is 2.34. The highest BCUT2D eigenvalue weighted by atomic mass is 16.5. The first kappa shape index (κ1) is 19.1. The Labute approximate surface area is 156 Å². The van der Waals surface area contributed by atoms with Gasteiger partial charge in [-0.25, -0.2) is 4.79 Å². The van der Waals surface area contributed by atoms with Crippen molar-refractivity contribution < 1.29 is 9.32 Å². The number of urea groups is 1. The van der Waals surface area contributed by atoms with Crippen molar-refractivity contribution in [2.45, 2.75) is 77.9 Å². The van der Waals surface area contributed by atoms with Crippen LogP contribution in [0.25, 0.3) is 0 Å². The van der Waals surface area contributed by atoms with Crippen LogP contribution in [0.5, 0.6) is 0 Å². The van der Waals surface area contributed by atoms with Crippen molar-refractivity contribution in [1.82, 2.24) is 25.3 Å². The van der Waals surface area contributed by atoms with E-state index in [1.165, 1.54) is 12.8 Å². The third-order valence-corrected chi connectivity index (χ3v) is 5.58. The lowest BCUT2D eigenvalue weighted by atomic mass is 9.86. The van der Waals surface area contributed by atoms with E-state index in [0.717, 1.165) is 51.9 Å². The molecule has 0 spiro atoms. The second kappa shape index (κ2) is 8.84. The molecule has 1 atom stereocenters. The average Bonchev–Trinajstić information content (AvgIpc) is 2.86. The summed E-state index contributed by atoms with van der Waals surface area (Å²) in [5.74, 6) is 1.99. The van der Waals surface area contributed by atoms with Crippen LogP contribution in [-0.2, 0) is 6.54 Å². The molecule has 2 saturated heterocycles. The highest BCUT2D eigenvalue weighted by Crippen LogP contribution is 2.30. The molecule has 2 aliphatic heterocycles. The van der Waals surface area contributed by atoms with E-state index < -0.39 is 0 Å². The van der Waals surface area contributed by atoms with Gasteiger partial charge in [0.1, 0.15) is 0 Å². The maximum Gasteiger partial charge on any atom is 0.317 e. The van der Waals surface area contributed by atoms with Crippen molar-refractivity contribution in [3.63, 3.8) is 0 Å². The Hall–Kier alpha value is -1.63. The normalized spacial score (nSPS) is 23.2. The zero-order chi connectivity index (χ0) is 18.5. The van der Waals surface area contributed by atoms with E-state index in [9.17, 15) is 4.79 Å². The van der Waals surface area contributed by atoms with Crippen LogP contribution >= 0.6 is 0 Å². The monoisotopic (exact) mass is 363 g/mol. The molecule has 1 N–H and O–H groups in total. The number of nitrogens with one attached hydrogen (secondary N) is 1. The van der Waals surface area contributed by atoms with Crippen LogP contribution in [0.2, 0.25) is 0 Å². The van der Waals surface area contributed by atoms with Gasteiger partial charge < -0.3 is 14.7 Å².